The molecule has 0 amide bonds. The van der Waals surface area contributed by atoms with Gasteiger partial charge in [-0.1, -0.05) is 36.4 Å². The summed E-state index contributed by atoms with van der Waals surface area (Å²) in [7, 11) is 1.63. The minimum atomic E-state index is -5.69. The second-order valence-electron chi connectivity index (χ2n) is 6.56. The van der Waals surface area contributed by atoms with Crippen molar-refractivity contribution in [3.63, 3.8) is 0 Å². The summed E-state index contributed by atoms with van der Waals surface area (Å²) in [6.07, 6.45) is -3.08. The summed E-state index contributed by atoms with van der Waals surface area (Å²) in [4.78, 5) is 2.81. The molecule has 140 valence electrons. The average molecular weight is 378 g/mol. The molecule has 0 saturated carbocycles. The van der Waals surface area contributed by atoms with Crippen LogP contribution in [-0.2, 0) is 7.05 Å². The number of H-pyrrole nitrogens is 1. The molecule has 2 aromatic heterocycles. The van der Waals surface area contributed by atoms with Gasteiger partial charge in [-0.25, -0.2) is 0 Å². The van der Waals surface area contributed by atoms with Crippen LogP contribution in [0.15, 0.2) is 60.9 Å². The van der Waals surface area contributed by atoms with Gasteiger partial charge in [-0.3, -0.25) is 0 Å². The lowest BCUT2D eigenvalue weighted by atomic mass is 9.85. The number of hydrogen-bond donors (Lipinski definition) is 1. The Morgan fingerprint density at radius 1 is 0.852 bits per heavy atom. The third-order valence-corrected chi connectivity index (χ3v) is 4.91. The molecule has 0 spiro atoms. The maximum Gasteiger partial charge on any atom is 0.454 e. The molecule has 1 unspecified atom stereocenters. The second kappa shape index (κ2) is 5.84. The number of nitrogens with one attached hydrogen (secondary N) is 1. The van der Waals surface area contributed by atoms with E-state index in [2.05, 4.69) is 4.98 Å². The van der Waals surface area contributed by atoms with E-state index >= 15 is 0 Å². The van der Waals surface area contributed by atoms with Crippen LogP contribution in [0.25, 0.3) is 21.8 Å². The average Bonchev–Trinajstić information content (AvgIpc) is 3.17. The summed E-state index contributed by atoms with van der Waals surface area (Å²) < 4.78 is 71.3. The Hall–Kier alpha value is -2.83. The molecular weight excluding hydrogens is 363 g/mol. The Morgan fingerprint density at radius 3 is 2.19 bits per heavy atom. The van der Waals surface area contributed by atoms with Crippen LogP contribution < -0.4 is 0 Å². The molecule has 4 aromatic rings. The molecule has 0 fully saturated rings. The van der Waals surface area contributed by atoms with Crippen molar-refractivity contribution in [1.82, 2.24) is 9.55 Å². The van der Waals surface area contributed by atoms with Gasteiger partial charge in [-0.15, -0.1) is 0 Å². The van der Waals surface area contributed by atoms with Gasteiger partial charge >= 0.3 is 12.1 Å². The van der Waals surface area contributed by atoms with E-state index in [4.69, 9.17) is 0 Å². The van der Waals surface area contributed by atoms with Crippen molar-refractivity contribution in [2.45, 2.75) is 18.0 Å². The van der Waals surface area contributed by atoms with E-state index in [1.807, 2.05) is 0 Å². The SMILES string of the molecule is Cn1cc(C(c2c[nH]c3ccccc23)C(F)(F)C(F)(F)F)c2ccccc21. The fourth-order valence-electron chi connectivity index (χ4n) is 3.66. The minimum Gasteiger partial charge on any atom is -0.361 e. The number of rotatable bonds is 3. The summed E-state index contributed by atoms with van der Waals surface area (Å²) in [6.45, 7) is 0. The lowest BCUT2D eigenvalue weighted by molar-refractivity contribution is -0.287. The molecule has 0 bridgehead atoms. The molecule has 0 aliphatic rings. The topological polar surface area (TPSA) is 20.7 Å². The molecule has 2 aromatic carbocycles. The fourth-order valence-corrected chi connectivity index (χ4v) is 3.66. The number of aromatic nitrogens is 2. The molecule has 1 N–H and O–H groups in total. The molecule has 0 saturated heterocycles. The van der Waals surface area contributed by atoms with E-state index in [1.54, 1.807) is 60.1 Å². The first-order valence-electron chi connectivity index (χ1n) is 8.26. The number of nitrogens with zero attached hydrogens (tertiary/aromatic N) is 1. The van der Waals surface area contributed by atoms with Crippen molar-refractivity contribution in [1.29, 1.82) is 0 Å². The Kier molecular flexibility index (Phi) is 3.80. The molecule has 0 radical (unpaired) electrons. The van der Waals surface area contributed by atoms with Gasteiger partial charge < -0.3 is 9.55 Å². The van der Waals surface area contributed by atoms with Crippen LogP contribution in [0.5, 0.6) is 0 Å². The first kappa shape index (κ1) is 17.6. The standard InChI is InChI=1S/C20H15F5N2/c1-27-11-15(13-7-3-5-9-17(13)27)18(19(21,22)20(23,24)25)14-10-26-16-8-4-2-6-12(14)16/h2-11,18,26H,1H3. The van der Waals surface area contributed by atoms with Gasteiger partial charge in [0.05, 0.1) is 5.92 Å². The van der Waals surface area contributed by atoms with Crippen LogP contribution in [0.4, 0.5) is 22.0 Å². The number of para-hydroxylation sites is 2. The highest BCUT2D eigenvalue weighted by atomic mass is 19.4. The molecule has 7 heteroatoms. The molecule has 0 aliphatic carbocycles. The van der Waals surface area contributed by atoms with Crippen molar-refractivity contribution in [2.24, 2.45) is 7.05 Å². The Morgan fingerprint density at radius 2 is 1.48 bits per heavy atom. The van der Waals surface area contributed by atoms with E-state index in [-0.39, 0.29) is 11.1 Å². The number of aromatic amines is 1. The summed E-state index contributed by atoms with van der Waals surface area (Å²) in [6, 6.07) is 13.1. The van der Waals surface area contributed by atoms with Crippen molar-refractivity contribution in [2.75, 3.05) is 0 Å². The minimum absolute atomic E-state index is 0.0554. The monoisotopic (exact) mass is 378 g/mol. The predicted octanol–water partition coefficient (Wildman–Crippen LogP) is 5.99. The maximum atomic E-state index is 14.8. The number of alkyl halides is 5. The molecular formula is C20H15F5N2. The third-order valence-electron chi connectivity index (χ3n) is 4.91. The van der Waals surface area contributed by atoms with Crippen LogP contribution in [0.1, 0.15) is 17.0 Å². The largest absolute Gasteiger partial charge is 0.454 e. The van der Waals surface area contributed by atoms with E-state index in [0.29, 0.717) is 21.8 Å². The van der Waals surface area contributed by atoms with Gasteiger partial charge in [-0.2, -0.15) is 22.0 Å². The Balaban J connectivity index is 2.05. The van der Waals surface area contributed by atoms with E-state index in [0.717, 1.165) is 0 Å². The quantitative estimate of drug-likeness (QED) is 0.423. The van der Waals surface area contributed by atoms with Crippen molar-refractivity contribution in [3.8, 4) is 0 Å². The van der Waals surface area contributed by atoms with Crippen LogP contribution in [0, 0.1) is 0 Å². The summed E-state index contributed by atoms with van der Waals surface area (Å²) >= 11 is 0. The normalized spacial score (nSPS) is 14.1. The van der Waals surface area contributed by atoms with Gasteiger partial charge in [-0.05, 0) is 23.3 Å². The summed E-state index contributed by atoms with van der Waals surface area (Å²) in [5.74, 6) is -7.11. The van der Waals surface area contributed by atoms with Crippen LogP contribution in [0.2, 0.25) is 0 Å². The molecule has 0 aliphatic heterocycles. The predicted molar refractivity (Wildman–Crippen MR) is 94.1 cm³/mol. The van der Waals surface area contributed by atoms with Gasteiger partial charge in [0.25, 0.3) is 0 Å². The van der Waals surface area contributed by atoms with Gasteiger partial charge in [0.2, 0.25) is 0 Å². The fraction of sp³-hybridized carbons (Fsp3) is 0.200. The number of halogens is 5. The smallest absolute Gasteiger partial charge is 0.361 e. The lowest BCUT2D eigenvalue weighted by Crippen LogP contribution is -2.42. The highest BCUT2D eigenvalue weighted by Crippen LogP contribution is 2.51. The Labute approximate surface area is 151 Å². The van der Waals surface area contributed by atoms with E-state index in [9.17, 15) is 22.0 Å². The van der Waals surface area contributed by atoms with E-state index < -0.39 is 18.0 Å². The Bertz CT molecular complexity index is 1120. The van der Waals surface area contributed by atoms with Crippen LogP contribution in [0.3, 0.4) is 0 Å². The lowest BCUT2D eigenvalue weighted by Gasteiger charge is -2.28. The van der Waals surface area contributed by atoms with Crippen LogP contribution >= 0.6 is 0 Å². The molecule has 4 rings (SSSR count). The zero-order chi connectivity index (χ0) is 19.4. The van der Waals surface area contributed by atoms with Gasteiger partial charge in [0, 0.05) is 41.2 Å². The zero-order valence-corrected chi connectivity index (χ0v) is 14.2. The molecule has 27 heavy (non-hydrogen) atoms. The number of aryl methyl sites for hydroxylation is 1. The molecule has 2 heterocycles. The maximum absolute atomic E-state index is 14.8. The first-order chi connectivity index (χ1) is 12.7. The van der Waals surface area contributed by atoms with Gasteiger partial charge in [0.15, 0.2) is 0 Å². The van der Waals surface area contributed by atoms with Gasteiger partial charge in [0.1, 0.15) is 0 Å². The van der Waals surface area contributed by atoms with E-state index in [1.165, 1.54) is 12.4 Å². The second-order valence-corrected chi connectivity index (χ2v) is 6.56. The highest BCUT2D eigenvalue weighted by molar-refractivity contribution is 5.88. The van der Waals surface area contributed by atoms with Crippen molar-refractivity contribution >= 4 is 21.8 Å². The summed E-state index contributed by atoms with van der Waals surface area (Å²) in [5.41, 5.74) is 0.968. The molecule has 2 nitrogen and oxygen atoms in total. The number of hydrogen-bond acceptors (Lipinski definition) is 0. The number of fused-ring (bicyclic) bond motifs is 2. The molecule has 1 atom stereocenters. The van der Waals surface area contributed by atoms with Crippen LogP contribution in [-0.4, -0.2) is 21.6 Å². The first-order valence-corrected chi connectivity index (χ1v) is 8.26. The van der Waals surface area contributed by atoms with Crippen molar-refractivity contribution < 1.29 is 22.0 Å². The van der Waals surface area contributed by atoms with Crippen molar-refractivity contribution in [3.05, 3.63) is 72.1 Å². The third kappa shape index (κ3) is 2.60. The number of benzene rings is 2. The zero-order valence-electron chi connectivity index (χ0n) is 14.2. The summed E-state index contributed by atoms with van der Waals surface area (Å²) in [5, 5.41) is 0.721. The highest BCUT2D eigenvalue weighted by Gasteiger charge is 2.63.